The summed E-state index contributed by atoms with van der Waals surface area (Å²) in [6.07, 6.45) is 0. The smallest absolute Gasteiger partial charge is 0.165 e. The van der Waals surface area contributed by atoms with Crippen LogP contribution < -0.4 is 0 Å². The van der Waals surface area contributed by atoms with Crippen LogP contribution in [0.15, 0.2) is 11.3 Å². The van der Waals surface area contributed by atoms with Crippen LogP contribution in [0.1, 0.15) is 13.8 Å². The molecule has 1 N–H and O–H groups in total. The highest BCUT2D eigenvalue weighted by Gasteiger charge is 2.09. The molecular formula is C6H8O2S2. The second-order valence-electron chi connectivity index (χ2n) is 1.82. The molecule has 0 fully saturated rings. The molecule has 4 heteroatoms. The van der Waals surface area contributed by atoms with Crippen LogP contribution in [0.2, 0.25) is 0 Å². The Hall–Kier alpha value is -0.350. The predicted molar refractivity (Wildman–Crippen MR) is 47.6 cm³/mol. The van der Waals surface area contributed by atoms with Crippen LogP contribution >= 0.6 is 24.8 Å². The summed E-state index contributed by atoms with van der Waals surface area (Å²) in [5, 5.41) is 8.88. The third-order valence-corrected chi connectivity index (χ3v) is 1.36. The van der Waals surface area contributed by atoms with E-state index in [2.05, 4.69) is 24.8 Å². The number of hydrogen-bond acceptors (Lipinski definition) is 3. The first-order chi connectivity index (χ1) is 4.46. The minimum Gasteiger partial charge on any atom is -0.512 e. The molecule has 0 spiro atoms. The van der Waals surface area contributed by atoms with Crippen molar-refractivity contribution in [1.82, 2.24) is 0 Å². The molecule has 0 unspecified atom stereocenters. The Labute approximate surface area is 70.3 Å². The number of Topliss-reactive ketones (excluding diaryl/α,β-unsaturated/α-hetero) is 1. The van der Waals surface area contributed by atoms with E-state index in [-0.39, 0.29) is 21.3 Å². The Morgan fingerprint density at radius 2 is 1.90 bits per heavy atom. The fourth-order valence-corrected chi connectivity index (χ4v) is 1.17. The topological polar surface area (TPSA) is 37.3 Å². The van der Waals surface area contributed by atoms with Crippen LogP contribution in [-0.4, -0.2) is 15.1 Å². The molecular weight excluding hydrogens is 168 g/mol. The zero-order chi connectivity index (χ0) is 8.31. The molecule has 0 amide bonds. The summed E-state index contributed by atoms with van der Waals surface area (Å²) in [7, 11) is 0. The van der Waals surface area contributed by atoms with Crippen LogP contribution in [0.4, 0.5) is 0 Å². The summed E-state index contributed by atoms with van der Waals surface area (Å²) >= 11 is 8.36. The molecule has 0 aliphatic heterocycles. The van der Waals surface area contributed by atoms with Gasteiger partial charge in [-0.25, -0.2) is 0 Å². The second-order valence-corrected chi connectivity index (χ2v) is 2.98. The van der Waals surface area contributed by atoms with Gasteiger partial charge in [0.2, 0.25) is 0 Å². The summed E-state index contributed by atoms with van der Waals surface area (Å²) in [5.74, 6) is -0.340. The molecule has 0 rings (SSSR count). The van der Waals surface area contributed by atoms with Crippen LogP contribution in [0.25, 0.3) is 0 Å². The molecule has 0 aromatic heterocycles. The molecule has 0 heterocycles. The van der Waals surface area contributed by atoms with Crippen molar-refractivity contribution in [1.29, 1.82) is 0 Å². The molecule has 0 radical (unpaired) electrons. The fraction of sp³-hybridized carbons (Fsp3) is 0.333. The van der Waals surface area contributed by atoms with Crippen LogP contribution in [0.3, 0.4) is 0 Å². The van der Waals surface area contributed by atoms with Gasteiger partial charge in [-0.2, -0.15) is 0 Å². The number of aliphatic hydroxyl groups excluding tert-OH is 1. The number of rotatable bonds is 2. The highest BCUT2D eigenvalue weighted by atomic mass is 32.1. The number of carbonyl (C=O) groups is 1. The minimum atomic E-state index is -0.264. The molecule has 0 saturated carbocycles. The number of thiocarbonyl (C=S) groups is 1. The summed E-state index contributed by atoms with van der Waals surface area (Å²) < 4.78 is 0.132. The van der Waals surface area contributed by atoms with Gasteiger partial charge in [-0.05, 0) is 13.8 Å². The van der Waals surface area contributed by atoms with E-state index in [1.54, 1.807) is 0 Å². The Balaban J connectivity index is 4.79. The normalized spacial score (nSPS) is 12.3. The molecule has 0 saturated heterocycles. The molecule has 0 aliphatic carbocycles. The highest BCUT2D eigenvalue weighted by molar-refractivity contribution is 8.12. The maximum Gasteiger partial charge on any atom is 0.165 e. The lowest BCUT2D eigenvalue weighted by atomic mass is 10.2. The van der Waals surface area contributed by atoms with Crippen LogP contribution in [0, 0.1) is 0 Å². The van der Waals surface area contributed by atoms with Gasteiger partial charge in [0.1, 0.15) is 5.76 Å². The van der Waals surface area contributed by atoms with E-state index < -0.39 is 0 Å². The van der Waals surface area contributed by atoms with Gasteiger partial charge < -0.3 is 5.11 Å². The van der Waals surface area contributed by atoms with Crippen molar-refractivity contribution in [3.63, 3.8) is 0 Å². The van der Waals surface area contributed by atoms with Gasteiger partial charge in [0.05, 0.1) is 9.77 Å². The Kier molecular flexibility index (Phi) is 3.60. The molecule has 0 atom stereocenters. The number of thiol groups is 1. The van der Waals surface area contributed by atoms with Gasteiger partial charge in [-0.15, -0.1) is 12.6 Å². The van der Waals surface area contributed by atoms with E-state index in [9.17, 15) is 4.79 Å². The van der Waals surface area contributed by atoms with Crippen LogP contribution in [-0.2, 0) is 4.79 Å². The second kappa shape index (κ2) is 3.73. The number of carbonyl (C=O) groups excluding carboxylic acids is 1. The average Bonchev–Trinajstić information content (AvgIpc) is 1.59. The van der Waals surface area contributed by atoms with E-state index >= 15 is 0 Å². The molecule has 10 heavy (non-hydrogen) atoms. The van der Waals surface area contributed by atoms with Crippen molar-refractivity contribution in [3.05, 3.63) is 11.3 Å². The number of ketones is 1. The first-order valence-electron chi connectivity index (χ1n) is 2.61. The lowest BCUT2D eigenvalue weighted by Crippen LogP contribution is -2.05. The quantitative estimate of drug-likeness (QED) is 0.291. The molecule has 0 aliphatic rings. The SMILES string of the molecule is CC(=O)C(C(=S)S)=C(C)O. The van der Waals surface area contributed by atoms with E-state index in [1.807, 2.05) is 0 Å². The monoisotopic (exact) mass is 176 g/mol. The fourth-order valence-electron chi connectivity index (χ4n) is 0.560. The number of hydrogen-bond donors (Lipinski definition) is 2. The van der Waals surface area contributed by atoms with Crippen molar-refractivity contribution >= 4 is 34.8 Å². The maximum atomic E-state index is 10.7. The third kappa shape index (κ3) is 2.49. The molecule has 56 valence electrons. The largest absolute Gasteiger partial charge is 0.512 e. The first-order valence-corrected chi connectivity index (χ1v) is 3.46. The van der Waals surface area contributed by atoms with Crippen molar-refractivity contribution in [2.45, 2.75) is 13.8 Å². The summed E-state index contributed by atoms with van der Waals surface area (Å²) in [6, 6.07) is 0. The van der Waals surface area contributed by atoms with E-state index in [0.717, 1.165) is 0 Å². The highest BCUT2D eigenvalue weighted by Crippen LogP contribution is 2.07. The van der Waals surface area contributed by atoms with Crippen molar-refractivity contribution in [2.24, 2.45) is 0 Å². The Morgan fingerprint density at radius 1 is 1.50 bits per heavy atom. The van der Waals surface area contributed by atoms with E-state index in [0.29, 0.717) is 0 Å². The van der Waals surface area contributed by atoms with Gasteiger partial charge in [-0.3, -0.25) is 4.79 Å². The lowest BCUT2D eigenvalue weighted by molar-refractivity contribution is -0.113. The van der Waals surface area contributed by atoms with E-state index in [4.69, 9.17) is 5.11 Å². The summed E-state index contributed by atoms with van der Waals surface area (Å²) in [6.45, 7) is 2.73. The first kappa shape index (κ1) is 9.65. The average molecular weight is 176 g/mol. The standard InChI is InChI=1S/C6H8O2S2/c1-3(7)5(4(2)8)6(9)10/h7H,1-2H3,(H,9,10). The van der Waals surface area contributed by atoms with Gasteiger partial charge in [0.25, 0.3) is 0 Å². The minimum absolute atomic E-state index is 0.0764. The van der Waals surface area contributed by atoms with Crippen molar-refractivity contribution in [3.8, 4) is 0 Å². The molecule has 0 aromatic rings. The van der Waals surface area contributed by atoms with E-state index in [1.165, 1.54) is 13.8 Å². The molecule has 0 bridgehead atoms. The van der Waals surface area contributed by atoms with Crippen molar-refractivity contribution in [2.75, 3.05) is 0 Å². The Bertz CT molecular complexity index is 186. The molecule has 0 aromatic carbocycles. The van der Waals surface area contributed by atoms with Gasteiger partial charge >= 0.3 is 0 Å². The van der Waals surface area contributed by atoms with Gasteiger partial charge in [0.15, 0.2) is 5.78 Å². The molecule has 2 nitrogen and oxygen atoms in total. The zero-order valence-corrected chi connectivity index (χ0v) is 7.42. The summed E-state index contributed by atoms with van der Waals surface area (Å²) in [4.78, 5) is 10.7. The predicted octanol–water partition coefficient (Wildman–Crippen LogP) is 1.66. The summed E-state index contributed by atoms with van der Waals surface area (Å²) in [5.41, 5.74) is 0.123. The maximum absolute atomic E-state index is 10.7. The van der Waals surface area contributed by atoms with Crippen LogP contribution in [0.5, 0.6) is 0 Å². The zero-order valence-electron chi connectivity index (χ0n) is 5.71. The van der Waals surface area contributed by atoms with Gasteiger partial charge in [0, 0.05) is 0 Å². The van der Waals surface area contributed by atoms with Gasteiger partial charge in [-0.1, -0.05) is 12.2 Å². The lowest BCUT2D eigenvalue weighted by Gasteiger charge is -1.99. The third-order valence-electron chi connectivity index (χ3n) is 0.928. The Morgan fingerprint density at radius 3 is 1.90 bits per heavy atom. The number of aliphatic hydroxyl groups is 1. The number of allylic oxidation sites excluding steroid dienone is 1. The van der Waals surface area contributed by atoms with Crippen molar-refractivity contribution < 1.29 is 9.90 Å².